The van der Waals surface area contributed by atoms with Crippen LogP contribution in [0.2, 0.25) is 0 Å². The van der Waals surface area contributed by atoms with Crippen molar-refractivity contribution in [2.45, 2.75) is 19.9 Å². The van der Waals surface area contributed by atoms with Gasteiger partial charge in [0.1, 0.15) is 5.01 Å². The highest BCUT2D eigenvalue weighted by atomic mass is 32.1. The van der Waals surface area contributed by atoms with Gasteiger partial charge in [-0.15, -0.1) is 11.3 Å². The summed E-state index contributed by atoms with van der Waals surface area (Å²) in [6.07, 6.45) is 0.828. The van der Waals surface area contributed by atoms with Crippen molar-refractivity contribution in [1.29, 1.82) is 0 Å². The lowest BCUT2D eigenvalue weighted by atomic mass is 10.1. The lowest BCUT2D eigenvalue weighted by molar-refractivity contribution is -0.125. The van der Waals surface area contributed by atoms with Gasteiger partial charge in [0.15, 0.2) is 0 Å². The number of benzene rings is 1. The van der Waals surface area contributed by atoms with E-state index in [9.17, 15) is 4.79 Å². The van der Waals surface area contributed by atoms with E-state index in [1.54, 1.807) is 11.3 Å². The van der Waals surface area contributed by atoms with Crippen molar-refractivity contribution in [3.8, 4) is 10.6 Å². The summed E-state index contributed by atoms with van der Waals surface area (Å²) >= 11 is 1.65. The van der Waals surface area contributed by atoms with Crippen LogP contribution >= 0.6 is 11.3 Å². The Hall–Kier alpha value is -1.72. The molecule has 0 radical (unpaired) electrons. The van der Waals surface area contributed by atoms with E-state index >= 15 is 0 Å². The fourth-order valence-corrected chi connectivity index (χ4v) is 3.13. The third-order valence-electron chi connectivity index (χ3n) is 3.59. The van der Waals surface area contributed by atoms with Crippen LogP contribution in [-0.4, -0.2) is 24.1 Å². The second-order valence-electron chi connectivity index (χ2n) is 5.27. The summed E-state index contributed by atoms with van der Waals surface area (Å²) in [5.74, 6) is 0.106. The number of rotatable bonds is 4. The quantitative estimate of drug-likeness (QED) is 0.945. The summed E-state index contributed by atoms with van der Waals surface area (Å²) in [5, 5.41) is 6.05. The van der Waals surface area contributed by atoms with Gasteiger partial charge in [0.25, 0.3) is 0 Å². The largest absolute Gasteiger partial charge is 0.381 e. The number of hydrogen-bond acceptors (Lipinski definition) is 4. The van der Waals surface area contributed by atoms with Crippen molar-refractivity contribution in [1.82, 2.24) is 10.3 Å². The molecule has 0 saturated carbocycles. The van der Waals surface area contributed by atoms with Gasteiger partial charge >= 0.3 is 0 Å². The van der Waals surface area contributed by atoms with Crippen LogP contribution < -0.4 is 5.32 Å². The summed E-state index contributed by atoms with van der Waals surface area (Å²) in [6, 6.07) is 8.19. The molecule has 21 heavy (non-hydrogen) atoms. The first kappa shape index (κ1) is 14.2. The molecular formula is C16H18N2O2S. The Morgan fingerprint density at radius 1 is 1.43 bits per heavy atom. The van der Waals surface area contributed by atoms with E-state index in [-0.39, 0.29) is 11.8 Å². The van der Waals surface area contributed by atoms with Gasteiger partial charge in [-0.3, -0.25) is 4.79 Å². The topological polar surface area (TPSA) is 51.2 Å². The maximum atomic E-state index is 11.9. The van der Waals surface area contributed by atoms with E-state index in [2.05, 4.69) is 22.4 Å². The summed E-state index contributed by atoms with van der Waals surface area (Å²) < 4.78 is 5.23. The number of nitrogens with zero attached hydrogens (tertiary/aromatic N) is 1. The average Bonchev–Trinajstić information content (AvgIpc) is 3.17. The van der Waals surface area contributed by atoms with Gasteiger partial charge in [-0.1, -0.05) is 24.3 Å². The molecule has 1 atom stereocenters. The van der Waals surface area contributed by atoms with Crippen LogP contribution in [0.5, 0.6) is 0 Å². The van der Waals surface area contributed by atoms with Crippen molar-refractivity contribution < 1.29 is 9.53 Å². The Kier molecular flexibility index (Phi) is 4.31. The van der Waals surface area contributed by atoms with E-state index in [0.717, 1.165) is 28.2 Å². The van der Waals surface area contributed by atoms with Crippen LogP contribution in [0.3, 0.4) is 0 Å². The van der Waals surface area contributed by atoms with Crippen LogP contribution in [0.25, 0.3) is 10.6 Å². The Balaban J connectivity index is 1.58. The first-order valence-corrected chi connectivity index (χ1v) is 7.97. The van der Waals surface area contributed by atoms with Gasteiger partial charge in [0.05, 0.1) is 12.5 Å². The molecule has 0 bridgehead atoms. The summed E-state index contributed by atoms with van der Waals surface area (Å²) in [4.78, 5) is 16.4. The molecule has 0 unspecified atom stereocenters. The number of carbonyl (C=O) groups is 1. The second-order valence-corrected chi connectivity index (χ2v) is 6.13. The molecule has 0 spiro atoms. The Labute approximate surface area is 128 Å². The Morgan fingerprint density at radius 3 is 2.86 bits per heavy atom. The van der Waals surface area contributed by atoms with Crippen molar-refractivity contribution in [3.63, 3.8) is 0 Å². The molecular weight excluding hydrogens is 284 g/mol. The SMILES string of the molecule is Cc1csc(-c2ccc(CNC(=O)[C@@H]3CCOC3)cc2)n1. The third-order valence-corrected chi connectivity index (χ3v) is 4.60. The molecule has 4 nitrogen and oxygen atoms in total. The minimum atomic E-state index is 0.0163. The monoisotopic (exact) mass is 302 g/mol. The number of hydrogen-bond donors (Lipinski definition) is 1. The predicted octanol–water partition coefficient (Wildman–Crippen LogP) is 2.77. The van der Waals surface area contributed by atoms with Crippen molar-refractivity contribution >= 4 is 17.2 Å². The molecule has 1 aliphatic rings. The van der Waals surface area contributed by atoms with E-state index in [1.807, 2.05) is 24.4 Å². The fourth-order valence-electron chi connectivity index (χ4n) is 2.33. The summed E-state index contributed by atoms with van der Waals surface area (Å²) in [5.41, 5.74) is 3.26. The highest BCUT2D eigenvalue weighted by Gasteiger charge is 2.22. The van der Waals surface area contributed by atoms with Crippen LogP contribution in [0.1, 0.15) is 17.7 Å². The van der Waals surface area contributed by atoms with Crippen LogP contribution in [-0.2, 0) is 16.1 Å². The van der Waals surface area contributed by atoms with E-state index in [0.29, 0.717) is 19.8 Å². The zero-order valence-corrected chi connectivity index (χ0v) is 12.8. The van der Waals surface area contributed by atoms with E-state index < -0.39 is 0 Å². The number of amides is 1. The summed E-state index contributed by atoms with van der Waals surface area (Å²) in [6.45, 7) is 3.80. The molecule has 2 heterocycles. The molecule has 1 aromatic heterocycles. The Bertz CT molecular complexity index is 615. The number of aromatic nitrogens is 1. The smallest absolute Gasteiger partial charge is 0.225 e. The molecule has 1 aromatic carbocycles. The number of nitrogens with one attached hydrogen (secondary N) is 1. The third kappa shape index (κ3) is 3.49. The van der Waals surface area contributed by atoms with Gasteiger partial charge in [-0.2, -0.15) is 0 Å². The number of thiazole rings is 1. The molecule has 3 rings (SSSR count). The van der Waals surface area contributed by atoms with Gasteiger partial charge < -0.3 is 10.1 Å². The zero-order valence-electron chi connectivity index (χ0n) is 12.0. The lowest BCUT2D eigenvalue weighted by Gasteiger charge is -2.09. The summed E-state index contributed by atoms with van der Waals surface area (Å²) in [7, 11) is 0. The molecule has 1 fully saturated rings. The van der Waals surface area contributed by atoms with Crippen molar-refractivity contribution in [2.75, 3.05) is 13.2 Å². The standard InChI is InChI=1S/C16H18N2O2S/c1-11-10-21-16(18-11)13-4-2-12(3-5-13)8-17-15(19)14-6-7-20-9-14/h2-5,10,14H,6-9H2,1H3,(H,17,19)/t14-/m1/s1. The van der Waals surface area contributed by atoms with E-state index in [4.69, 9.17) is 4.74 Å². The number of ether oxygens (including phenoxy) is 1. The molecule has 5 heteroatoms. The van der Waals surface area contributed by atoms with E-state index in [1.165, 1.54) is 0 Å². The minimum Gasteiger partial charge on any atom is -0.381 e. The zero-order chi connectivity index (χ0) is 14.7. The lowest BCUT2D eigenvalue weighted by Crippen LogP contribution is -2.30. The maximum absolute atomic E-state index is 11.9. The highest BCUT2D eigenvalue weighted by molar-refractivity contribution is 7.13. The number of aryl methyl sites for hydroxylation is 1. The molecule has 0 aliphatic carbocycles. The Morgan fingerprint density at radius 2 is 2.24 bits per heavy atom. The normalized spacial score (nSPS) is 17.9. The second kappa shape index (κ2) is 6.37. The first-order valence-electron chi connectivity index (χ1n) is 7.09. The maximum Gasteiger partial charge on any atom is 0.225 e. The fraction of sp³-hybridized carbons (Fsp3) is 0.375. The van der Waals surface area contributed by atoms with Crippen LogP contribution in [0.4, 0.5) is 0 Å². The van der Waals surface area contributed by atoms with Gasteiger partial charge in [-0.05, 0) is 18.9 Å². The van der Waals surface area contributed by atoms with Gasteiger partial charge in [0.2, 0.25) is 5.91 Å². The average molecular weight is 302 g/mol. The molecule has 110 valence electrons. The van der Waals surface area contributed by atoms with Gasteiger partial charge in [-0.25, -0.2) is 4.98 Å². The molecule has 2 aromatic rings. The van der Waals surface area contributed by atoms with Crippen LogP contribution in [0.15, 0.2) is 29.6 Å². The molecule has 1 saturated heterocycles. The van der Waals surface area contributed by atoms with Gasteiger partial charge in [0, 0.05) is 29.8 Å². The predicted molar refractivity (Wildman–Crippen MR) is 83.1 cm³/mol. The van der Waals surface area contributed by atoms with Crippen molar-refractivity contribution in [2.24, 2.45) is 5.92 Å². The molecule has 1 N–H and O–H groups in total. The minimum absolute atomic E-state index is 0.0163. The molecule has 1 aliphatic heterocycles. The number of carbonyl (C=O) groups excluding carboxylic acids is 1. The van der Waals surface area contributed by atoms with Crippen LogP contribution in [0, 0.1) is 12.8 Å². The van der Waals surface area contributed by atoms with Crippen molar-refractivity contribution in [3.05, 3.63) is 40.9 Å². The highest BCUT2D eigenvalue weighted by Crippen LogP contribution is 2.23. The first-order chi connectivity index (χ1) is 10.2. The molecule has 1 amide bonds.